The van der Waals surface area contributed by atoms with Crippen molar-refractivity contribution in [1.29, 1.82) is 0 Å². The summed E-state index contributed by atoms with van der Waals surface area (Å²) in [5, 5.41) is 0. The minimum Gasteiger partial charge on any atom is -0.465 e. The second-order valence-corrected chi connectivity index (χ2v) is 3.55. The number of hydrogen-bond donors (Lipinski definition) is 0. The van der Waals surface area contributed by atoms with Gasteiger partial charge in [0, 0.05) is 5.56 Å². The second-order valence-electron chi connectivity index (χ2n) is 3.55. The number of carbonyl (C=O) groups is 3. The van der Waals surface area contributed by atoms with E-state index in [1.165, 1.54) is 20.3 Å². The van der Waals surface area contributed by atoms with E-state index in [0.717, 1.165) is 0 Å². The monoisotopic (exact) mass is 266 g/mol. The van der Waals surface area contributed by atoms with Gasteiger partial charge in [-0.3, -0.25) is 4.79 Å². The van der Waals surface area contributed by atoms with Crippen LogP contribution >= 0.6 is 0 Å². The lowest BCUT2D eigenvalue weighted by Gasteiger charge is -2.09. The Labute approximate surface area is 108 Å². The number of benzene rings is 1. The Morgan fingerprint density at radius 3 is 2.37 bits per heavy atom. The highest BCUT2D eigenvalue weighted by molar-refractivity contribution is 6.05. The van der Waals surface area contributed by atoms with Gasteiger partial charge in [-0.15, -0.1) is 0 Å². The molecular weight excluding hydrogens is 256 g/mol. The summed E-state index contributed by atoms with van der Waals surface area (Å²) in [4.78, 5) is 34.3. The summed E-state index contributed by atoms with van der Waals surface area (Å²) < 4.78 is 19.4. The minimum absolute atomic E-state index is 0.0110. The third-order valence-electron chi connectivity index (χ3n) is 2.59. The molecule has 1 aromatic rings. The van der Waals surface area contributed by atoms with Crippen molar-refractivity contribution in [3.63, 3.8) is 0 Å². The maximum Gasteiger partial charge on any atom is 0.342 e. The Kier molecular flexibility index (Phi) is 3.37. The normalized spacial score (nSPS) is 11.9. The molecule has 1 aliphatic rings. The van der Waals surface area contributed by atoms with Gasteiger partial charge in [-0.05, 0) is 6.07 Å². The highest BCUT2D eigenvalue weighted by atomic mass is 16.7. The van der Waals surface area contributed by atoms with Gasteiger partial charge >= 0.3 is 11.9 Å². The Morgan fingerprint density at radius 1 is 1.16 bits per heavy atom. The molecule has 1 heterocycles. The molecule has 1 aromatic carbocycles. The molecule has 100 valence electrons. The zero-order valence-corrected chi connectivity index (χ0v) is 10.2. The summed E-state index contributed by atoms with van der Waals surface area (Å²) in [6.45, 7) is -0.161. The smallest absolute Gasteiger partial charge is 0.342 e. The number of fused-ring (bicyclic) bond motifs is 1. The van der Waals surface area contributed by atoms with Gasteiger partial charge in [0.05, 0.1) is 14.2 Å². The van der Waals surface area contributed by atoms with Crippen molar-refractivity contribution in [2.24, 2.45) is 0 Å². The molecule has 2 rings (SSSR count). The van der Waals surface area contributed by atoms with E-state index in [9.17, 15) is 14.4 Å². The predicted molar refractivity (Wildman–Crippen MR) is 60.6 cm³/mol. The molecule has 7 nitrogen and oxygen atoms in total. The van der Waals surface area contributed by atoms with Gasteiger partial charge in [0.15, 0.2) is 17.8 Å². The molecule has 0 atom stereocenters. The summed E-state index contributed by atoms with van der Waals surface area (Å²) in [7, 11) is 2.37. The van der Waals surface area contributed by atoms with Gasteiger partial charge < -0.3 is 18.9 Å². The highest BCUT2D eigenvalue weighted by Gasteiger charge is 2.32. The summed E-state index contributed by atoms with van der Waals surface area (Å²) in [6, 6.07) is 1.21. The maximum absolute atomic E-state index is 11.7. The number of aldehydes is 1. The van der Waals surface area contributed by atoms with Crippen LogP contribution in [-0.2, 0) is 9.47 Å². The Bertz CT molecular complexity index is 562. The third-order valence-corrected chi connectivity index (χ3v) is 2.59. The van der Waals surface area contributed by atoms with Crippen LogP contribution in [-0.4, -0.2) is 39.2 Å². The number of carbonyl (C=O) groups excluding carboxylic acids is 3. The molecule has 7 heteroatoms. The molecular formula is C12H10O7. The summed E-state index contributed by atoms with van der Waals surface area (Å²) in [6.07, 6.45) is 0.431. The lowest BCUT2D eigenvalue weighted by Crippen LogP contribution is -2.10. The van der Waals surface area contributed by atoms with Gasteiger partial charge in [0.25, 0.3) is 0 Å². The van der Waals surface area contributed by atoms with Crippen molar-refractivity contribution in [3.05, 3.63) is 22.8 Å². The van der Waals surface area contributed by atoms with Gasteiger partial charge in [0.1, 0.15) is 11.1 Å². The molecule has 0 spiro atoms. The highest BCUT2D eigenvalue weighted by Crippen LogP contribution is 2.41. The Balaban J connectivity index is 2.71. The fraction of sp³-hybridized carbons (Fsp3) is 0.250. The Hall–Kier alpha value is -2.57. The largest absolute Gasteiger partial charge is 0.465 e. The maximum atomic E-state index is 11.7. The number of rotatable bonds is 3. The first kappa shape index (κ1) is 12.9. The molecule has 19 heavy (non-hydrogen) atoms. The van der Waals surface area contributed by atoms with E-state index < -0.39 is 11.9 Å². The first-order valence-corrected chi connectivity index (χ1v) is 5.22. The molecule has 0 aliphatic carbocycles. The lowest BCUT2D eigenvalue weighted by atomic mass is 10.0. The fourth-order valence-corrected chi connectivity index (χ4v) is 1.76. The zero-order chi connectivity index (χ0) is 14.0. The summed E-state index contributed by atoms with van der Waals surface area (Å²) in [5.41, 5.74) is -0.0843. The van der Waals surface area contributed by atoms with Crippen molar-refractivity contribution in [2.45, 2.75) is 0 Å². The van der Waals surface area contributed by atoms with Gasteiger partial charge in [-0.25, -0.2) is 9.59 Å². The van der Waals surface area contributed by atoms with E-state index in [1.807, 2.05) is 0 Å². The molecule has 0 N–H and O–H groups in total. The Morgan fingerprint density at radius 2 is 1.79 bits per heavy atom. The number of esters is 2. The number of methoxy groups -OCH3 is 2. The van der Waals surface area contributed by atoms with E-state index in [4.69, 9.17) is 9.47 Å². The minimum atomic E-state index is -0.750. The molecule has 0 radical (unpaired) electrons. The quantitative estimate of drug-likeness (QED) is 0.590. The molecule has 0 saturated carbocycles. The second kappa shape index (κ2) is 4.97. The average Bonchev–Trinajstić information content (AvgIpc) is 2.92. The first-order valence-electron chi connectivity index (χ1n) is 5.22. The summed E-state index contributed by atoms with van der Waals surface area (Å²) >= 11 is 0. The SMILES string of the molecule is COC(=O)c1cc(C=O)c(C(=O)OC)c2c1OCO2. The van der Waals surface area contributed by atoms with Crippen LogP contribution in [0.3, 0.4) is 0 Å². The van der Waals surface area contributed by atoms with Crippen LogP contribution in [0.1, 0.15) is 31.1 Å². The third kappa shape index (κ3) is 1.99. The molecule has 1 aliphatic heterocycles. The molecule has 0 bridgehead atoms. The predicted octanol–water partition coefficient (Wildman–Crippen LogP) is 0.801. The lowest BCUT2D eigenvalue weighted by molar-refractivity contribution is 0.0583. The molecule has 0 amide bonds. The van der Waals surface area contributed by atoms with Crippen molar-refractivity contribution in [2.75, 3.05) is 21.0 Å². The van der Waals surface area contributed by atoms with Crippen LogP contribution in [0.4, 0.5) is 0 Å². The van der Waals surface area contributed by atoms with Crippen LogP contribution in [0.15, 0.2) is 6.07 Å². The van der Waals surface area contributed by atoms with Crippen LogP contribution in [0.5, 0.6) is 11.5 Å². The van der Waals surface area contributed by atoms with Crippen LogP contribution < -0.4 is 9.47 Å². The van der Waals surface area contributed by atoms with E-state index >= 15 is 0 Å². The van der Waals surface area contributed by atoms with Crippen molar-refractivity contribution >= 4 is 18.2 Å². The van der Waals surface area contributed by atoms with Crippen LogP contribution in [0.2, 0.25) is 0 Å². The molecule has 0 aromatic heterocycles. The van der Waals surface area contributed by atoms with Crippen molar-refractivity contribution in [1.82, 2.24) is 0 Å². The topological polar surface area (TPSA) is 88.1 Å². The van der Waals surface area contributed by atoms with Gasteiger partial charge in [-0.1, -0.05) is 0 Å². The molecule has 0 saturated heterocycles. The van der Waals surface area contributed by atoms with Gasteiger partial charge in [0.2, 0.25) is 6.79 Å². The van der Waals surface area contributed by atoms with Crippen molar-refractivity contribution < 1.29 is 33.3 Å². The summed E-state index contributed by atoms with van der Waals surface area (Å²) in [5.74, 6) is -1.36. The van der Waals surface area contributed by atoms with Crippen molar-refractivity contribution in [3.8, 4) is 11.5 Å². The number of hydrogen-bond acceptors (Lipinski definition) is 7. The molecule has 0 fully saturated rings. The van der Waals surface area contributed by atoms with Crippen LogP contribution in [0, 0.1) is 0 Å². The number of ether oxygens (including phenoxy) is 4. The average molecular weight is 266 g/mol. The van der Waals surface area contributed by atoms with Gasteiger partial charge in [-0.2, -0.15) is 0 Å². The molecule has 0 unspecified atom stereocenters. The fourth-order valence-electron chi connectivity index (χ4n) is 1.76. The first-order chi connectivity index (χ1) is 9.13. The standard InChI is InChI=1S/C12H10O7/c1-16-11(14)7-3-6(4-13)8(12(15)17-2)10-9(7)18-5-19-10/h3-4H,5H2,1-2H3. The zero-order valence-electron chi connectivity index (χ0n) is 10.2. The van der Waals surface area contributed by atoms with E-state index in [0.29, 0.717) is 6.29 Å². The van der Waals surface area contributed by atoms with E-state index in [2.05, 4.69) is 9.47 Å². The van der Waals surface area contributed by atoms with Crippen LogP contribution in [0.25, 0.3) is 0 Å². The van der Waals surface area contributed by atoms with E-state index in [-0.39, 0.29) is 35.0 Å². The van der Waals surface area contributed by atoms with E-state index in [1.54, 1.807) is 0 Å².